The molecular weight excluding hydrogens is 362 g/mol. The molecule has 1 heterocycles. The maximum Gasteiger partial charge on any atom is 0.326 e. The zero-order chi connectivity index (χ0) is 20.7. The zero-order valence-electron chi connectivity index (χ0n) is 16.3. The summed E-state index contributed by atoms with van der Waals surface area (Å²) in [4.78, 5) is 36.8. The van der Waals surface area contributed by atoms with E-state index in [4.69, 9.17) is 0 Å². The first-order chi connectivity index (χ1) is 13.3. The summed E-state index contributed by atoms with van der Waals surface area (Å²) in [5.41, 5.74) is 0.744. The lowest BCUT2D eigenvalue weighted by Gasteiger charge is -2.23. The van der Waals surface area contributed by atoms with E-state index in [1.807, 2.05) is 13.8 Å². The Morgan fingerprint density at radius 1 is 1.14 bits per heavy atom. The Balaban J connectivity index is 2.12. The number of aromatic hydroxyl groups is 1. The topological polar surface area (TPSA) is 128 Å². The van der Waals surface area contributed by atoms with Crippen molar-refractivity contribution in [2.45, 2.75) is 57.7 Å². The number of hydrogen-bond donors (Lipinski definition) is 5. The van der Waals surface area contributed by atoms with Crippen molar-refractivity contribution in [2.75, 3.05) is 6.54 Å². The molecule has 0 aromatic heterocycles. The number of phenolic OH excluding ortho intramolecular Hbond substituents is 1. The molecule has 154 valence electrons. The number of phenols is 1. The zero-order valence-corrected chi connectivity index (χ0v) is 16.3. The van der Waals surface area contributed by atoms with Crippen LogP contribution in [0.2, 0.25) is 0 Å². The van der Waals surface area contributed by atoms with Gasteiger partial charge in [-0.1, -0.05) is 26.0 Å². The first kappa shape index (κ1) is 21.7. The fraction of sp³-hybridized carbons (Fsp3) is 0.550. The molecule has 1 aliphatic heterocycles. The van der Waals surface area contributed by atoms with Crippen molar-refractivity contribution in [3.05, 3.63) is 29.8 Å². The molecule has 0 radical (unpaired) electrons. The van der Waals surface area contributed by atoms with Crippen molar-refractivity contribution in [1.82, 2.24) is 16.0 Å². The molecule has 8 heteroatoms. The van der Waals surface area contributed by atoms with E-state index in [1.165, 1.54) is 12.1 Å². The van der Waals surface area contributed by atoms with E-state index in [0.717, 1.165) is 18.5 Å². The van der Waals surface area contributed by atoms with Crippen LogP contribution in [0, 0.1) is 5.92 Å². The minimum atomic E-state index is -1.10. The fourth-order valence-electron chi connectivity index (χ4n) is 3.22. The van der Waals surface area contributed by atoms with E-state index >= 15 is 0 Å². The maximum absolute atomic E-state index is 12.8. The normalized spacial score (nSPS) is 18.5. The molecule has 2 amide bonds. The molecule has 1 aliphatic rings. The largest absolute Gasteiger partial charge is 0.508 e. The molecule has 0 bridgehead atoms. The highest BCUT2D eigenvalue weighted by Crippen LogP contribution is 2.13. The summed E-state index contributed by atoms with van der Waals surface area (Å²) in [6.45, 7) is 4.51. The Labute approximate surface area is 164 Å². The van der Waals surface area contributed by atoms with Gasteiger partial charge in [-0.05, 0) is 49.4 Å². The number of carboxylic acids is 1. The van der Waals surface area contributed by atoms with Crippen molar-refractivity contribution in [3.8, 4) is 5.75 Å². The number of benzene rings is 1. The predicted molar refractivity (Wildman–Crippen MR) is 104 cm³/mol. The lowest BCUT2D eigenvalue weighted by molar-refractivity contribution is -0.142. The van der Waals surface area contributed by atoms with Gasteiger partial charge in [0.05, 0.1) is 6.04 Å². The third-order valence-electron chi connectivity index (χ3n) is 4.71. The molecule has 0 aliphatic carbocycles. The summed E-state index contributed by atoms with van der Waals surface area (Å²) in [5.74, 6) is -1.71. The number of carboxylic acid groups (broad SMARTS) is 1. The molecule has 1 fully saturated rings. The van der Waals surface area contributed by atoms with E-state index in [1.54, 1.807) is 12.1 Å². The van der Waals surface area contributed by atoms with Crippen molar-refractivity contribution >= 4 is 17.8 Å². The van der Waals surface area contributed by atoms with Crippen molar-refractivity contribution in [1.29, 1.82) is 0 Å². The summed E-state index contributed by atoms with van der Waals surface area (Å²) < 4.78 is 0. The number of carbonyl (C=O) groups is 3. The van der Waals surface area contributed by atoms with Gasteiger partial charge < -0.3 is 26.2 Å². The second kappa shape index (κ2) is 10.1. The fourth-order valence-corrected chi connectivity index (χ4v) is 3.22. The highest BCUT2D eigenvalue weighted by Gasteiger charge is 2.30. The van der Waals surface area contributed by atoms with Crippen LogP contribution >= 0.6 is 0 Å². The van der Waals surface area contributed by atoms with Gasteiger partial charge in [0.25, 0.3) is 0 Å². The number of carbonyl (C=O) groups excluding carboxylic acids is 2. The second-order valence-corrected chi connectivity index (χ2v) is 7.61. The highest BCUT2D eigenvalue weighted by atomic mass is 16.4. The minimum Gasteiger partial charge on any atom is -0.508 e. The Hall–Kier alpha value is -2.61. The van der Waals surface area contributed by atoms with Crippen LogP contribution in [-0.2, 0) is 20.8 Å². The standard InChI is InChI=1S/C20H29N3O5/c1-12(2)10-17(20(27)28)23-19(26)16(11-13-5-7-14(24)8-6-13)22-18(25)15-4-3-9-21-15/h5-8,12,15-17,21,24H,3-4,9-11H2,1-2H3,(H,22,25)(H,23,26)(H,27,28). The summed E-state index contributed by atoms with van der Waals surface area (Å²) in [6, 6.07) is 4.06. The molecule has 0 saturated carbocycles. The number of rotatable bonds is 9. The number of nitrogens with one attached hydrogen (secondary N) is 3. The SMILES string of the molecule is CC(C)CC(NC(=O)C(Cc1ccc(O)cc1)NC(=O)C1CCCN1)C(=O)O. The first-order valence-electron chi connectivity index (χ1n) is 9.61. The maximum atomic E-state index is 12.8. The van der Waals surface area contributed by atoms with Crippen molar-refractivity contribution in [3.63, 3.8) is 0 Å². The van der Waals surface area contributed by atoms with Crippen LogP contribution in [0.25, 0.3) is 0 Å². The van der Waals surface area contributed by atoms with Crippen molar-refractivity contribution in [2.24, 2.45) is 5.92 Å². The molecule has 28 heavy (non-hydrogen) atoms. The van der Waals surface area contributed by atoms with Gasteiger partial charge in [0.15, 0.2) is 0 Å². The summed E-state index contributed by atoms with van der Waals surface area (Å²) >= 11 is 0. The van der Waals surface area contributed by atoms with Crippen LogP contribution in [0.1, 0.15) is 38.7 Å². The molecule has 1 aromatic rings. The van der Waals surface area contributed by atoms with E-state index < -0.39 is 24.0 Å². The van der Waals surface area contributed by atoms with Gasteiger partial charge in [-0.2, -0.15) is 0 Å². The van der Waals surface area contributed by atoms with Crippen LogP contribution in [-0.4, -0.2) is 52.7 Å². The van der Waals surface area contributed by atoms with Gasteiger partial charge in [0.2, 0.25) is 11.8 Å². The first-order valence-corrected chi connectivity index (χ1v) is 9.61. The smallest absolute Gasteiger partial charge is 0.326 e. The van der Waals surface area contributed by atoms with Crippen LogP contribution < -0.4 is 16.0 Å². The molecule has 1 aromatic carbocycles. The van der Waals surface area contributed by atoms with E-state index in [0.29, 0.717) is 12.8 Å². The van der Waals surface area contributed by atoms with Crippen LogP contribution in [0.4, 0.5) is 0 Å². The molecule has 3 atom stereocenters. The summed E-state index contributed by atoms with van der Waals surface area (Å²) in [7, 11) is 0. The number of aliphatic carboxylic acids is 1. The highest BCUT2D eigenvalue weighted by molar-refractivity contribution is 5.92. The van der Waals surface area contributed by atoms with Crippen LogP contribution in [0.15, 0.2) is 24.3 Å². The average molecular weight is 391 g/mol. The molecule has 0 spiro atoms. The average Bonchev–Trinajstić information content (AvgIpc) is 3.16. The minimum absolute atomic E-state index is 0.0919. The molecule has 2 rings (SSSR count). The molecule has 5 N–H and O–H groups in total. The van der Waals surface area contributed by atoms with Gasteiger partial charge in [-0.3, -0.25) is 9.59 Å². The summed E-state index contributed by atoms with van der Waals surface area (Å²) in [5, 5.41) is 27.2. The Morgan fingerprint density at radius 3 is 2.36 bits per heavy atom. The van der Waals surface area contributed by atoms with Gasteiger partial charge in [-0.25, -0.2) is 4.79 Å². The second-order valence-electron chi connectivity index (χ2n) is 7.61. The predicted octanol–water partition coefficient (Wildman–Crippen LogP) is 0.787. The molecule has 8 nitrogen and oxygen atoms in total. The lowest BCUT2D eigenvalue weighted by atomic mass is 10.0. The quantitative estimate of drug-likeness (QED) is 0.423. The third kappa shape index (κ3) is 6.53. The number of amides is 2. The van der Waals surface area contributed by atoms with E-state index in [9.17, 15) is 24.6 Å². The Bertz CT molecular complexity index is 684. The number of hydrogen-bond acceptors (Lipinski definition) is 5. The Kier molecular flexibility index (Phi) is 7.80. The molecular formula is C20H29N3O5. The third-order valence-corrected chi connectivity index (χ3v) is 4.71. The van der Waals surface area contributed by atoms with Crippen LogP contribution in [0.3, 0.4) is 0 Å². The van der Waals surface area contributed by atoms with Gasteiger partial charge in [0.1, 0.15) is 17.8 Å². The Morgan fingerprint density at radius 2 is 1.82 bits per heavy atom. The van der Waals surface area contributed by atoms with E-state index in [-0.39, 0.29) is 30.0 Å². The van der Waals surface area contributed by atoms with E-state index in [2.05, 4.69) is 16.0 Å². The molecule has 3 unspecified atom stereocenters. The lowest BCUT2D eigenvalue weighted by Crippen LogP contribution is -2.55. The van der Waals surface area contributed by atoms with Crippen LogP contribution in [0.5, 0.6) is 5.75 Å². The summed E-state index contributed by atoms with van der Waals surface area (Å²) in [6.07, 6.45) is 2.08. The van der Waals surface area contributed by atoms with Gasteiger partial charge in [0, 0.05) is 6.42 Å². The van der Waals surface area contributed by atoms with Crippen molar-refractivity contribution < 1.29 is 24.6 Å². The van der Waals surface area contributed by atoms with Gasteiger partial charge >= 0.3 is 5.97 Å². The molecule has 1 saturated heterocycles. The van der Waals surface area contributed by atoms with Gasteiger partial charge in [-0.15, -0.1) is 0 Å². The monoisotopic (exact) mass is 391 g/mol.